The van der Waals surface area contributed by atoms with Crippen LogP contribution in [0, 0.1) is 5.92 Å². The molecule has 0 aromatic carbocycles. The molecule has 5 unspecified atom stereocenters. The number of carboxylic acids is 3. The molecule has 0 saturated carbocycles. The van der Waals surface area contributed by atoms with Gasteiger partial charge in [0.05, 0.1) is 6.04 Å². The molecule has 0 aromatic heterocycles. The van der Waals surface area contributed by atoms with Crippen molar-refractivity contribution in [1.29, 1.82) is 0 Å². The second-order valence-electron chi connectivity index (χ2n) is 7.47. The van der Waals surface area contributed by atoms with Gasteiger partial charge in [-0.1, -0.05) is 20.3 Å². The van der Waals surface area contributed by atoms with Gasteiger partial charge in [-0.25, -0.2) is 0 Å². The Labute approximate surface area is 185 Å². The van der Waals surface area contributed by atoms with Crippen molar-refractivity contribution in [2.24, 2.45) is 11.7 Å². The summed E-state index contributed by atoms with van der Waals surface area (Å²) in [6.45, 7) is 4.73. The summed E-state index contributed by atoms with van der Waals surface area (Å²) in [4.78, 5) is 70.3. The smallest absolute Gasteiger partial charge is 0.325 e. The molecule has 182 valence electrons. The average Bonchev–Trinajstić information content (AvgIpc) is 2.71. The van der Waals surface area contributed by atoms with E-state index in [1.807, 2.05) is 6.92 Å². The standard InChI is InChI=1S/C19H32N4O9/c1-4-9(2)15(20)18(30)23-12(6-8-14(26)27)17(29)22-11(5-7-13(24)25)16(28)21-10(3)19(31)32/h9-12,15H,4-8,20H2,1-3H3,(H,21,28)(H,22,29)(H,23,30)(H,24,25)(H,26,27)(H,31,32). The summed E-state index contributed by atoms with van der Waals surface area (Å²) in [5.74, 6) is -6.58. The van der Waals surface area contributed by atoms with Gasteiger partial charge in [-0.2, -0.15) is 0 Å². The number of nitrogens with one attached hydrogen (secondary N) is 3. The molecule has 8 N–H and O–H groups in total. The van der Waals surface area contributed by atoms with Crippen molar-refractivity contribution in [2.75, 3.05) is 0 Å². The lowest BCUT2D eigenvalue weighted by Gasteiger charge is -2.25. The molecule has 32 heavy (non-hydrogen) atoms. The second kappa shape index (κ2) is 14.0. The highest BCUT2D eigenvalue weighted by molar-refractivity contribution is 5.94. The topological polar surface area (TPSA) is 225 Å². The summed E-state index contributed by atoms with van der Waals surface area (Å²) in [5.41, 5.74) is 5.84. The third kappa shape index (κ3) is 10.7. The maximum atomic E-state index is 12.7. The Kier molecular flexibility index (Phi) is 12.6. The Balaban J connectivity index is 5.51. The molecule has 0 rings (SSSR count). The van der Waals surface area contributed by atoms with E-state index < -0.39 is 72.6 Å². The molecular weight excluding hydrogens is 428 g/mol. The van der Waals surface area contributed by atoms with Crippen molar-refractivity contribution >= 4 is 35.6 Å². The summed E-state index contributed by atoms with van der Waals surface area (Å²) < 4.78 is 0. The predicted octanol–water partition coefficient (Wildman–Crippen LogP) is -1.35. The Morgan fingerprint density at radius 2 is 1.16 bits per heavy atom. The molecule has 0 aliphatic rings. The van der Waals surface area contributed by atoms with Gasteiger partial charge in [-0.15, -0.1) is 0 Å². The van der Waals surface area contributed by atoms with Gasteiger partial charge in [-0.05, 0) is 25.7 Å². The zero-order chi connectivity index (χ0) is 25.0. The van der Waals surface area contributed by atoms with Gasteiger partial charge in [0.1, 0.15) is 18.1 Å². The van der Waals surface area contributed by atoms with Crippen molar-refractivity contribution in [3.63, 3.8) is 0 Å². The van der Waals surface area contributed by atoms with Crippen molar-refractivity contribution in [1.82, 2.24) is 16.0 Å². The van der Waals surface area contributed by atoms with E-state index in [9.17, 15) is 28.8 Å². The summed E-state index contributed by atoms with van der Waals surface area (Å²) in [5, 5.41) is 33.5. The number of carbonyl (C=O) groups excluding carboxylic acids is 3. The van der Waals surface area contributed by atoms with Crippen LogP contribution >= 0.6 is 0 Å². The Hall–Kier alpha value is -3.22. The molecule has 3 amide bonds. The number of hydrogen-bond acceptors (Lipinski definition) is 7. The largest absolute Gasteiger partial charge is 0.481 e. The van der Waals surface area contributed by atoms with Crippen LogP contribution in [0.5, 0.6) is 0 Å². The Morgan fingerprint density at radius 3 is 1.53 bits per heavy atom. The fraction of sp³-hybridized carbons (Fsp3) is 0.684. The lowest BCUT2D eigenvalue weighted by atomic mass is 9.98. The molecule has 0 aromatic rings. The van der Waals surface area contributed by atoms with E-state index in [1.54, 1.807) is 6.92 Å². The molecule has 0 aliphatic carbocycles. The summed E-state index contributed by atoms with van der Waals surface area (Å²) in [6, 6.07) is -5.04. The van der Waals surface area contributed by atoms with E-state index in [1.165, 1.54) is 6.92 Å². The molecule has 0 aliphatic heterocycles. The van der Waals surface area contributed by atoms with Crippen LogP contribution in [0.25, 0.3) is 0 Å². The van der Waals surface area contributed by atoms with Crippen LogP contribution in [0.3, 0.4) is 0 Å². The van der Waals surface area contributed by atoms with Crippen LogP contribution < -0.4 is 21.7 Å². The molecular formula is C19H32N4O9. The zero-order valence-electron chi connectivity index (χ0n) is 18.3. The van der Waals surface area contributed by atoms with E-state index in [2.05, 4.69) is 16.0 Å². The molecule has 0 bridgehead atoms. The van der Waals surface area contributed by atoms with Crippen LogP contribution in [0.4, 0.5) is 0 Å². The van der Waals surface area contributed by atoms with Gasteiger partial charge in [0.15, 0.2) is 0 Å². The second-order valence-corrected chi connectivity index (χ2v) is 7.47. The molecule has 0 fully saturated rings. The Morgan fingerprint density at radius 1 is 0.750 bits per heavy atom. The number of carbonyl (C=O) groups is 6. The number of aliphatic carboxylic acids is 3. The van der Waals surface area contributed by atoms with Gasteiger partial charge >= 0.3 is 17.9 Å². The number of carboxylic acid groups (broad SMARTS) is 3. The van der Waals surface area contributed by atoms with E-state index in [0.29, 0.717) is 6.42 Å². The zero-order valence-corrected chi connectivity index (χ0v) is 18.3. The molecule has 0 saturated heterocycles. The van der Waals surface area contributed by atoms with Gasteiger partial charge in [0.2, 0.25) is 17.7 Å². The lowest BCUT2D eigenvalue weighted by Crippen LogP contribution is -2.57. The quantitative estimate of drug-likeness (QED) is 0.152. The fourth-order valence-corrected chi connectivity index (χ4v) is 2.50. The van der Waals surface area contributed by atoms with Gasteiger partial charge in [0.25, 0.3) is 0 Å². The van der Waals surface area contributed by atoms with E-state index in [4.69, 9.17) is 21.1 Å². The summed E-state index contributed by atoms with van der Waals surface area (Å²) in [7, 11) is 0. The third-order valence-electron chi connectivity index (χ3n) is 4.85. The SMILES string of the molecule is CCC(C)C(N)C(=O)NC(CCC(=O)O)C(=O)NC(CCC(=O)O)C(=O)NC(C)C(=O)O. The number of hydrogen-bond donors (Lipinski definition) is 7. The number of rotatable bonds is 15. The molecule has 0 heterocycles. The fourth-order valence-electron chi connectivity index (χ4n) is 2.50. The monoisotopic (exact) mass is 460 g/mol. The van der Waals surface area contributed by atoms with Crippen LogP contribution in [0.2, 0.25) is 0 Å². The molecule has 5 atom stereocenters. The first-order valence-corrected chi connectivity index (χ1v) is 10.1. The molecule has 0 spiro atoms. The third-order valence-corrected chi connectivity index (χ3v) is 4.85. The highest BCUT2D eigenvalue weighted by Gasteiger charge is 2.30. The first kappa shape index (κ1) is 28.8. The van der Waals surface area contributed by atoms with Gasteiger partial charge < -0.3 is 37.0 Å². The lowest BCUT2D eigenvalue weighted by molar-refractivity contribution is -0.142. The van der Waals surface area contributed by atoms with Gasteiger partial charge in [-0.3, -0.25) is 28.8 Å². The normalized spacial score (nSPS) is 15.4. The first-order valence-electron chi connectivity index (χ1n) is 10.1. The van der Waals surface area contributed by atoms with Crippen LogP contribution in [0.1, 0.15) is 52.9 Å². The van der Waals surface area contributed by atoms with Crippen LogP contribution in [-0.2, 0) is 28.8 Å². The predicted molar refractivity (Wildman–Crippen MR) is 110 cm³/mol. The number of nitrogens with two attached hydrogens (primary N) is 1. The van der Waals surface area contributed by atoms with Crippen molar-refractivity contribution in [3.05, 3.63) is 0 Å². The summed E-state index contributed by atoms with van der Waals surface area (Å²) >= 11 is 0. The van der Waals surface area contributed by atoms with Gasteiger partial charge in [0, 0.05) is 12.8 Å². The minimum Gasteiger partial charge on any atom is -0.481 e. The van der Waals surface area contributed by atoms with Crippen LogP contribution in [-0.4, -0.2) is 75.1 Å². The molecule has 13 heteroatoms. The highest BCUT2D eigenvalue weighted by Crippen LogP contribution is 2.08. The van der Waals surface area contributed by atoms with E-state index >= 15 is 0 Å². The summed E-state index contributed by atoms with van der Waals surface area (Å²) in [6.07, 6.45) is -1.06. The van der Waals surface area contributed by atoms with E-state index in [0.717, 1.165) is 0 Å². The minimum absolute atomic E-state index is 0.218. The average molecular weight is 460 g/mol. The minimum atomic E-state index is -1.42. The maximum absolute atomic E-state index is 12.7. The first-order chi connectivity index (χ1) is 14.8. The van der Waals surface area contributed by atoms with Crippen molar-refractivity contribution in [2.45, 2.75) is 77.0 Å². The van der Waals surface area contributed by atoms with Crippen LogP contribution in [0.15, 0.2) is 0 Å². The van der Waals surface area contributed by atoms with E-state index in [-0.39, 0.29) is 18.8 Å². The highest BCUT2D eigenvalue weighted by atomic mass is 16.4. The van der Waals surface area contributed by atoms with Crippen molar-refractivity contribution in [3.8, 4) is 0 Å². The van der Waals surface area contributed by atoms with Crippen molar-refractivity contribution < 1.29 is 44.1 Å². The molecule has 0 radical (unpaired) electrons. The number of amides is 3. The molecule has 13 nitrogen and oxygen atoms in total. The maximum Gasteiger partial charge on any atom is 0.325 e. The Bertz CT molecular complexity index is 713.